The number of para-hydroxylation sites is 2. The Morgan fingerprint density at radius 2 is 1.89 bits per heavy atom. The lowest BCUT2D eigenvalue weighted by Crippen LogP contribution is -2.39. The summed E-state index contributed by atoms with van der Waals surface area (Å²) in [4.78, 5) is 4.85. The van der Waals surface area contributed by atoms with E-state index in [9.17, 15) is 0 Å². The molecule has 1 aliphatic rings. The van der Waals surface area contributed by atoms with Gasteiger partial charge in [-0.25, -0.2) is 0 Å². The molecule has 0 aromatic heterocycles. The van der Waals surface area contributed by atoms with Crippen molar-refractivity contribution in [2.75, 3.05) is 36.5 Å². The minimum Gasteiger partial charge on any atom is -0.371 e. The second-order valence-corrected chi connectivity index (χ2v) is 5.37. The number of benzene rings is 1. The minimum atomic E-state index is 0.338. The van der Waals surface area contributed by atoms with Gasteiger partial charge in [0.15, 0.2) is 0 Å². The molecule has 1 aromatic rings. The van der Waals surface area contributed by atoms with Gasteiger partial charge in [0, 0.05) is 32.7 Å². The number of unbranched alkanes of at least 4 members (excludes halogenated alkanes) is 1. The maximum absolute atomic E-state index is 5.79. The first-order valence-corrected chi connectivity index (χ1v) is 6.99. The second-order valence-electron chi connectivity index (χ2n) is 5.37. The summed E-state index contributed by atoms with van der Waals surface area (Å²) in [6.45, 7) is 5.48. The van der Waals surface area contributed by atoms with Crippen LogP contribution in [0.2, 0.25) is 0 Å². The minimum absolute atomic E-state index is 0.338. The smallest absolute Gasteiger partial charge is 0.0604 e. The van der Waals surface area contributed by atoms with Crippen molar-refractivity contribution in [1.29, 1.82) is 0 Å². The van der Waals surface area contributed by atoms with Crippen LogP contribution in [0.25, 0.3) is 0 Å². The van der Waals surface area contributed by atoms with Gasteiger partial charge in [-0.1, -0.05) is 18.6 Å². The van der Waals surface area contributed by atoms with Gasteiger partial charge in [0.1, 0.15) is 0 Å². The number of hydrogen-bond donors (Lipinski definition) is 1. The van der Waals surface area contributed by atoms with Crippen molar-refractivity contribution in [2.45, 2.75) is 32.2 Å². The predicted molar refractivity (Wildman–Crippen MR) is 79.4 cm³/mol. The molecule has 0 saturated heterocycles. The molecule has 0 saturated carbocycles. The van der Waals surface area contributed by atoms with Gasteiger partial charge < -0.3 is 15.5 Å². The Morgan fingerprint density at radius 1 is 1.17 bits per heavy atom. The Morgan fingerprint density at radius 3 is 2.61 bits per heavy atom. The van der Waals surface area contributed by atoms with E-state index < -0.39 is 0 Å². The van der Waals surface area contributed by atoms with Crippen LogP contribution in [0.5, 0.6) is 0 Å². The Balaban J connectivity index is 1.92. The first-order valence-electron chi connectivity index (χ1n) is 6.99. The molecule has 0 aliphatic carbocycles. The Hall–Kier alpha value is -1.22. The number of fused-ring (bicyclic) bond motifs is 1. The Labute approximate surface area is 111 Å². The number of nitrogens with zero attached hydrogens (tertiary/aromatic N) is 2. The molecule has 3 heteroatoms. The van der Waals surface area contributed by atoms with Gasteiger partial charge in [-0.05, 0) is 31.9 Å². The van der Waals surface area contributed by atoms with E-state index in [1.807, 2.05) is 0 Å². The van der Waals surface area contributed by atoms with Gasteiger partial charge in [-0.2, -0.15) is 0 Å². The largest absolute Gasteiger partial charge is 0.371 e. The quantitative estimate of drug-likeness (QED) is 0.811. The summed E-state index contributed by atoms with van der Waals surface area (Å²) in [7, 11) is 2.17. The first kappa shape index (κ1) is 13.2. The average Bonchev–Trinajstić information content (AvgIpc) is 2.37. The van der Waals surface area contributed by atoms with E-state index in [0.717, 1.165) is 26.1 Å². The fraction of sp³-hybridized carbons (Fsp3) is 0.600. The lowest BCUT2D eigenvalue weighted by Gasteiger charge is -2.37. The maximum Gasteiger partial charge on any atom is 0.0604 e. The lowest BCUT2D eigenvalue weighted by molar-refractivity contribution is 0.585. The molecular formula is C15H25N3. The van der Waals surface area contributed by atoms with Gasteiger partial charge in [-0.3, -0.25) is 0 Å². The third-order valence-electron chi connectivity index (χ3n) is 3.68. The van der Waals surface area contributed by atoms with E-state index in [1.165, 1.54) is 24.2 Å². The summed E-state index contributed by atoms with van der Waals surface area (Å²) in [5.74, 6) is 0. The zero-order chi connectivity index (χ0) is 13.0. The molecule has 0 spiro atoms. The second kappa shape index (κ2) is 6.10. The number of rotatable bonds is 5. The van der Waals surface area contributed by atoms with E-state index in [4.69, 9.17) is 5.73 Å². The molecule has 0 fully saturated rings. The highest BCUT2D eigenvalue weighted by atomic mass is 15.2. The topological polar surface area (TPSA) is 32.5 Å². The highest BCUT2D eigenvalue weighted by Crippen LogP contribution is 2.31. The van der Waals surface area contributed by atoms with Crippen molar-refractivity contribution in [3.63, 3.8) is 0 Å². The van der Waals surface area contributed by atoms with Crippen LogP contribution in [0.3, 0.4) is 0 Å². The summed E-state index contributed by atoms with van der Waals surface area (Å²) in [5.41, 5.74) is 8.52. The molecule has 1 heterocycles. The van der Waals surface area contributed by atoms with Gasteiger partial charge >= 0.3 is 0 Å². The van der Waals surface area contributed by atoms with Gasteiger partial charge in [0.05, 0.1) is 11.4 Å². The van der Waals surface area contributed by atoms with E-state index in [2.05, 4.69) is 48.0 Å². The number of likely N-dealkylation sites (N-methyl/N-ethyl adjacent to an activating group) is 1. The van der Waals surface area contributed by atoms with Crippen molar-refractivity contribution in [3.8, 4) is 0 Å². The highest BCUT2D eigenvalue weighted by molar-refractivity contribution is 5.72. The fourth-order valence-electron chi connectivity index (χ4n) is 2.57. The standard InChI is InChI=1S/C15H25N3/c1-13(16)7-5-6-10-18-12-11-17(2)14-8-3-4-9-15(14)18/h3-4,8-9,13H,5-7,10-12,16H2,1-2H3. The zero-order valence-electron chi connectivity index (χ0n) is 11.6. The summed E-state index contributed by atoms with van der Waals surface area (Å²) in [6, 6.07) is 9.03. The normalized spacial score (nSPS) is 16.6. The van der Waals surface area contributed by atoms with Crippen molar-refractivity contribution in [3.05, 3.63) is 24.3 Å². The fourth-order valence-corrected chi connectivity index (χ4v) is 2.57. The van der Waals surface area contributed by atoms with Crippen LogP contribution in [0.1, 0.15) is 26.2 Å². The molecule has 0 radical (unpaired) electrons. The molecule has 3 nitrogen and oxygen atoms in total. The first-order chi connectivity index (χ1) is 8.68. The van der Waals surface area contributed by atoms with E-state index >= 15 is 0 Å². The van der Waals surface area contributed by atoms with Gasteiger partial charge in [0.25, 0.3) is 0 Å². The SMILES string of the molecule is CC(N)CCCCN1CCN(C)c2ccccc21. The van der Waals surface area contributed by atoms with E-state index in [-0.39, 0.29) is 0 Å². The molecule has 100 valence electrons. The summed E-state index contributed by atoms with van der Waals surface area (Å²) in [6.07, 6.45) is 3.60. The van der Waals surface area contributed by atoms with E-state index in [0.29, 0.717) is 6.04 Å². The molecule has 1 aromatic carbocycles. The van der Waals surface area contributed by atoms with Crippen LogP contribution in [0.4, 0.5) is 11.4 Å². The molecule has 2 N–H and O–H groups in total. The van der Waals surface area contributed by atoms with E-state index in [1.54, 1.807) is 0 Å². The van der Waals surface area contributed by atoms with Crippen LogP contribution in [0.15, 0.2) is 24.3 Å². The third kappa shape index (κ3) is 3.16. The highest BCUT2D eigenvalue weighted by Gasteiger charge is 2.18. The van der Waals surface area contributed by atoms with Crippen LogP contribution in [0, 0.1) is 0 Å². The Bertz CT molecular complexity index is 376. The summed E-state index contributed by atoms with van der Waals surface area (Å²) in [5, 5.41) is 0. The average molecular weight is 247 g/mol. The monoisotopic (exact) mass is 247 g/mol. The zero-order valence-corrected chi connectivity index (χ0v) is 11.6. The molecule has 0 amide bonds. The van der Waals surface area contributed by atoms with Crippen molar-refractivity contribution in [2.24, 2.45) is 5.73 Å². The third-order valence-corrected chi connectivity index (χ3v) is 3.68. The number of nitrogens with two attached hydrogens (primary N) is 1. The molecular weight excluding hydrogens is 222 g/mol. The van der Waals surface area contributed by atoms with Crippen LogP contribution in [-0.2, 0) is 0 Å². The van der Waals surface area contributed by atoms with Crippen LogP contribution in [-0.4, -0.2) is 32.7 Å². The molecule has 18 heavy (non-hydrogen) atoms. The molecule has 1 unspecified atom stereocenters. The number of anilines is 2. The number of hydrogen-bond acceptors (Lipinski definition) is 3. The molecule has 2 rings (SSSR count). The molecule has 1 atom stereocenters. The van der Waals surface area contributed by atoms with Crippen LogP contribution < -0.4 is 15.5 Å². The maximum atomic E-state index is 5.79. The Kier molecular flexibility index (Phi) is 4.48. The van der Waals surface area contributed by atoms with Crippen molar-refractivity contribution < 1.29 is 0 Å². The lowest BCUT2D eigenvalue weighted by atomic mass is 10.1. The van der Waals surface area contributed by atoms with Gasteiger partial charge in [0.2, 0.25) is 0 Å². The summed E-state index contributed by atoms with van der Waals surface area (Å²) >= 11 is 0. The van der Waals surface area contributed by atoms with Gasteiger partial charge in [-0.15, -0.1) is 0 Å². The van der Waals surface area contributed by atoms with Crippen molar-refractivity contribution in [1.82, 2.24) is 0 Å². The molecule has 1 aliphatic heterocycles. The predicted octanol–water partition coefficient (Wildman–Crippen LogP) is 2.46. The van der Waals surface area contributed by atoms with Crippen molar-refractivity contribution >= 4 is 11.4 Å². The van der Waals surface area contributed by atoms with Crippen LogP contribution >= 0.6 is 0 Å². The molecule has 0 bridgehead atoms. The summed E-state index contributed by atoms with van der Waals surface area (Å²) < 4.78 is 0.